The van der Waals surface area contributed by atoms with Crippen LogP contribution in [-0.4, -0.2) is 83.1 Å². The maximum atomic E-state index is 14.8. The minimum atomic E-state index is -2.96. The number of fused-ring (bicyclic) bond motifs is 2. The van der Waals surface area contributed by atoms with Crippen LogP contribution in [-0.2, 0) is 31.2 Å². The summed E-state index contributed by atoms with van der Waals surface area (Å²) < 4.78 is 20.3. The summed E-state index contributed by atoms with van der Waals surface area (Å²) in [7, 11) is -0.164. The van der Waals surface area contributed by atoms with Gasteiger partial charge in [0.05, 0.1) is 44.2 Å². The maximum Gasteiger partial charge on any atom is 0.305 e. The van der Waals surface area contributed by atoms with Crippen LogP contribution in [0.25, 0.3) is 5.69 Å². The van der Waals surface area contributed by atoms with Gasteiger partial charge < -0.3 is 29.0 Å². The standard InChI is InChI=1S/C38H47N5O8Si/c1-25-35(52(4,5)48)32(18-21-41-23-30(39-40-41)28(24-44)26-12-7-6-8-13-26)51-38(25)29-22-27(42-20-11-14-33(49-2)36(42)46)16-17-31(29)43(37(38)47)19-10-9-15-34(45)50-3/h6-8,11-14,16-17,20,22-23,25,28,32,35,44,48H,9-10,15,18-19,21,24H2,1-5H3/t25-,28?,32+,35-,38+/m1/s1. The first-order valence-corrected chi connectivity index (χ1v) is 20.7. The number of pyridine rings is 1. The van der Waals surface area contributed by atoms with Crippen LogP contribution in [0, 0.1) is 5.92 Å². The van der Waals surface area contributed by atoms with E-state index in [0.717, 1.165) is 5.56 Å². The first kappa shape index (κ1) is 37.1. The molecule has 276 valence electrons. The second kappa shape index (κ2) is 15.1. The number of aromatic nitrogens is 4. The number of hydrogen-bond acceptors (Lipinski definition) is 10. The molecule has 4 aromatic rings. The molecule has 0 saturated carbocycles. The Kier molecular flexibility index (Phi) is 10.8. The zero-order valence-corrected chi connectivity index (χ0v) is 31.3. The number of rotatable bonds is 14. The van der Waals surface area contributed by atoms with Crippen molar-refractivity contribution in [3.05, 3.63) is 100 Å². The molecule has 2 aromatic heterocycles. The number of aliphatic hydroxyl groups is 1. The molecule has 2 aliphatic rings. The van der Waals surface area contributed by atoms with E-state index < -0.39 is 25.9 Å². The summed E-state index contributed by atoms with van der Waals surface area (Å²) in [5, 5.41) is 18.9. The van der Waals surface area contributed by atoms with Gasteiger partial charge in [-0.15, -0.1) is 5.10 Å². The van der Waals surface area contributed by atoms with Gasteiger partial charge in [0.2, 0.25) is 0 Å². The van der Waals surface area contributed by atoms with E-state index in [1.54, 1.807) is 34.0 Å². The molecule has 0 bridgehead atoms. The molecule has 0 radical (unpaired) electrons. The third-order valence-corrected chi connectivity index (χ3v) is 13.1. The molecule has 2 N–H and O–H groups in total. The molecule has 5 atom stereocenters. The zero-order valence-electron chi connectivity index (χ0n) is 30.3. The van der Waals surface area contributed by atoms with Gasteiger partial charge in [-0.05, 0) is 68.3 Å². The molecule has 1 unspecified atom stereocenters. The number of amides is 1. The zero-order chi connectivity index (χ0) is 37.2. The lowest BCUT2D eigenvalue weighted by atomic mass is 9.82. The van der Waals surface area contributed by atoms with Crippen LogP contribution in [0.5, 0.6) is 5.75 Å². The van der Waals surface area contributed by atoms with Gasteiger partial charge in [0, 0.05) is 54.6 Å². The highest BCUT2D eigenvalue weighted by atomic mass is 28.4. The van der Waals surface area contributed by atoms with Crippen LogP contribution in [0.1, 0.15) is 55.3 Å². The van der Waals surface area contributed by atoms with E-state index in [-0.39, 0.29) is 47.7 Å². The van der Waals surface area contributed by atoms with Crippen molar-refractivity contribution in [1.29, 1.82) is 0 Å². The molecule has 4 heterocycles. The summed E-state index contributed by atoms with van der Waals surface area (Å²) >= 11 is 0. The smallest absolute Gasteiger partial charge is 0.305 e. The molecular weight excluding hydrogens is 683 g/mol. The summed E-state index contributed by atoms with van der Waals surface area (Å²) in [6, 6.07) is 18.4. The van der Waals surface area contributed by atoms with Gasteiger partial charge in [-0.1, -0.05) is 42.5 Å². The fourth-order valence-corrected chi connectivity index (χ4v) is 10.7. The molecule has 2 aliphatic heterocycles. The molecule has 2 aromatic carbocycles. The SMILES string of the molecule is COC(=O)CCCCN1C(=O)[C@@]2(O[C@@H](CCn3cc(C(CO)c4ccccc4)nn3)[C@H]([Si](C)(C)O)[C@H]2C)c2cc(-n3cccc(OC)c3=O)ccc21. The molecular formula is C38H47N5O8Si. The molecule has 1 saturated heterocycles. The van der Waals surface area contributed by atoms with Crippen LogP contribution >= 0.6 is 0 Å². The third-order valence-electron chi connectivity index (χ3n) is 10.6. The number of methoxy groups -OCH3 is 2. The Balaban J connectivity index is 1.35. The van der Waals surface area contributed by atoms with Gasteiger partial charge in [0.25, 0.3) is 11.5 Å². The van der Waals surface area contributed by atoms with E-state index in [9.17, 15) is 24.3 Å². The lowest BCUT2D eigenvalue weighted by Gasteiger charge is -2.32. The summed E-state index contributed by atoms with van der Waals surface area (Å²) in [4.78, 5) is 53.4. The van der Waals surface area contributed by atoms with E-state index in [1.165, 1.54) is 18.8 Å². The summed E-state index contributed by atoms with van der Waals surface area (Å²) in [5.41, 5.74) is 1.32. The molecule has 1 fully saturated rings. The first-order chi connectivity index (χ1) is 24.9. The van der Waals surface area contributed by atoms with Gasteiger partial charge in [-0.25, -0.2) is 0 Å². The fraction of sp³-hybridized carbons (Fsp3) is 0.447. The van der Waals surface area contributed by atoms with E-state index in [4.69, 9.17) is 14.2 Å². The topological polar surface area (TPSA) is 158 Å². The van der Waals surface area contributed by atoms with E-state index in [2.05, 4.69) is 10.3 Å². The van der Waals surface area contributed by atoms with Crippen molar-refractivity contribution < 1.29 is 33.7 Å². The minimum absolute atomic E-state index is 0.120. The van der Waals surface area contributed by atoms with Crippen molar-refractivity contribution in [2.24, 2.45) is 5.92 Å². The maximum absolute atomic E-state index is 14.8. The number of aryl methyl sites for hydroxylation is 1. The van der Waals surface area contributed by atoms with Crippen LogP contribution in [0.2, 0.25) is 18.6 Å². The normalized spacial score (nSPS) is 21.8. The highest BCUT2D eigenvalue weighted by Crippen LogP contribution is 2.60. The van der Waals surface area contributed by atoms with Crippen LogP contribution in [0.3, 0.4) is 0 Å². The number of aliphatic hydroxyl groups excluding tert-OH is 1. The van der Waals surface area contributed by atoms with Gasteiger partial charge >= 0.3 is 5.97 Å². The predicted octanol–water partition coefficient (Wildman–Crippen LogP) is 4.14. The Morgan fingerprint density at radius 1 is 1.06 bits per heavy atom. The van der Waals surface area contributed by atoms with Gasteiger partial charge in [0.15, 0.2) is 19.7 Å². The molecule has 52 heavy (non-hydrogen) atoms. The first-order valence-electron chi connectivity index (χ1n) is 17.7. The van der Waals surface area contributed by atoms with Gasteiger partial charge in [0.1, 0.15) is 0 Å². The van der Waals surface area contributed by atoms with Crippen molar-refractivity contribution in [2.75, 3.05) is 32.3 Å². The number of unbranched alkanes of at least 4 members (excludes halogenated alkanes) is 1. The van der Waals surface area contributed by atoms with E-state index in [0.29, 0.717) is 55.0 Å². The van der Waals surface area contributed by atoms with Crippen molar-refractivity contribution in [1.82, 2.24) is 19.6 Å². The number of hydrogen-bond donors (Lipinski definition) is 2. The third kappa shape index (κ3) is 6.83. The Morgan fingerprint density at radius 3 is 2.52 bits per heavy atom. The number of benzene rings is 2. The molecule has 13 nitrogen and oxygen atoms in total. The van der Waals surface area contributed by atoms with Crippen molar-refractivity contribution in [3.8, 4) is 11.4 Å². The van der Waals surface area contributed by atoms with Crippen molar-refractivity contribution in [3.63, 3.8) is 0 Å². The minimum Gasteiger partial charge on any atom is -0.491 e. The number of anilines is 1. The summed E-state index contributed by atoms with van der Waals surface area (Å²) in [6.07, 6.45) is 4.75. The highest BCUT2D eigenvalue weighted by molar-refractivity contribution is 6.71. The Hall–Kier alpha value is -4.63. The second-order valence-corrected chi connectivity index (χ2v) is 18.1. The monoisotopic (exact) mass is 729 g/mol. The predicted molar refractivity (Wildman–Crippen MR) is 196 cm³/mol. The Labute approximate surface area is 303 Å². The number of carbonyl (C=O) groups is 2. The number of nitrogens with zero attached hydrogens (tertiary/aromatic N) is 5. The summed E-state index contributed by atoms with van der Waals surface area (Å²) in [6.45, 7) is 6.36. The number of ether oxygens (including phenoxy) is 3. The second-order valence-electron chi connectivity index (χ2n) is 14.1. The van der Waals surface area contributed by atoms with Crippen molar-refractivity contribution >= 4 is 25.9 Å². The van der Waals surface area contributed by atoms with Crippen molar-refractivity contribution in [2.45, 2.75) is 75.4 Å². The lowest BCUT2D eigenvalue weighted by Crippen LogP contribution is -2.46. The molecule has 14 heteroatoms. The molecule has 0 aliphatic carbocycles. The number of carbonyl (C=O) groups excluding carboxylic acids is 2. The molecule has 1 amide bonds. The largest absolute Gasteiger partial charge is 0.491 e. The highest BCUT2D eigenvalue weighted by Gasteiger charge is 2.66. The number of esters is 1. The van der Waals surface area contributed by atoms with Crippen LogP contribution in [0.15, 0.2) is 77.9 Å². The lowest BCUT2D eigenvalue weighted by molar-refractivity contribution is -0.146. The van der Waals surface area contributed by atoms with E-state index in [1.807, 2.05) is 68.7 Å². The Bertz CT molecular complexity index is 1960. The van der Waals surface area contributed by atoms with Gasteiger partial charge in [-0.3, -0.25) is 23.6 Å². The quantitative estimate of drug-likeness (QED) is 0.110. The summed E-state index contributed by atoms with van der Waals surface area (Å²) in [5.74, 6) is -1.10. The Morgan fingerprint density at radius 2 is 1.83 bits per heavy atom. The average molecular weight is 730 g/mol. The molecule has 6 rings (SSSR count). The fourth-order valence-electron chi connectivity index (χ4n) is 8.08. The molecule has 1 spiro atoms. The van der Waals surface area contributed by atoms with Crippen LogP contribution < -0.4 is 15.2 Å². The van der Waals surface area contributed by atoms with E-state index >= 15 is 0 Å². The van der Waals surface area contributed by atoms with Crippen LogP contribution in [0.4, 0.5) is 5.69 Å². The average Bonchev–Trinajstić information content (AvgIpc) is 3.79. The van der Waals surface area contributed by atoms with Gasteiger partial charge in [-0.2, -0.15) is 0 Å².